The van der Waals surface area contributed by atoms with E-state index in [1.54, 1.807) is 0 Å². The molecule has 0 aliphatic carbocycles. The molecule has 2 atom stereocenters. The second kappa shape index (κ2) is 5.29. The predicted molar refractivity (Wildman–Crippen MR) is 63.9 cm³/mol. The second-order valence-corrected chi connectivity index (χ2v) is 4.32. The average Bonchev–Trinajstić information content (AvgIpc) is 2.19. The van der Waals surface area contributed by atoms with Gasteiger partial charge in [-0.15, -0.1) is 0 Å². The van der Waals surface area contributed by atoms with Crippen LogP contribution in [0.3, 0.4) is 0 Å². The molecule has 0 aromatic heterocycles. The Kier molecular flexibility index (Phi) is 4.30. The van der Waals surface area contributed by atoms with Crippen LogP contribution in [0.25, 0.3) is 0 Å². The van der Waals surface area contributed by atoms with Crippen molar-refractivity contribution in [1.82, 2.24) is 0 Å². The van der Waals surface area contributed by atoms with Crippen molar-refractivity contribution in [3.8, 4) is 0 Å². The number of aliphatic hydroxyl groups is 1. The van der Waals surface area contributed by atoms with Crippen LogP contribution in [0.4, 0.5) is 0 Å². The van der Waals surface area contributed by atoms with Gasteiger partial charge in [-0.1, -0.05) is 18.2 Å². The van der Waals surface area contributed by atoms with Crippen molar-refractivity contribution >= 4 is 0 Å². The number of hydrogen-bond acceptors (Lipinski definition) is 2. The van der Waals surface area contributed by atoms with Crippen LogP contribution in [0.5, 0.6) is 0 Å². The number of nitrogens with two attached hydrogens (primary N) is 1. The number of aryl methyl sites for hydroxylation is 2. The van der Waals surface area contributed by atoms with Crippen LogP contribution in [0.15, 0.2) is 18.2 Å². The van der Waals surface area contributed by atoms with Crippen molar-refractivity contribution in [1.29, 1.82) is 0 Å². The molecule has 0 saturated carbocycles. The molecule has 0 bridgehead atoms. The maximum atomic E-state index is 9.62. The Balaban J connectivity index is 2.62. The fraction of sp³-hybridized carbons (Fsp3) is 0.538. The van der Waals surface area contributed by atoms with E-state index in [0.29, 0.717) is 0 Å². The van der Waals surface area contributed by atoms with Crippen LogP contribution in [-0.2, 0) is 6.42 Å². The van der Waals surface area contributed by atoms with Crippen molar-refractivity contribution in [3.05, 3.63) is 34.9 Å². The Hall–Kier alpha value is -0.860. The Morgan fingerprint density at radius 3 is 2.60 bits per heavy atom. The summed E-state index contributed by atoms with van der Waals surface area (Å²) in [6, 6.07) is 6.16. The summed E-state index contributed by atoms with van der Waals surface area (Å²) in [7, 11) is 0. The van der Waals surface area contributed by atoms with Crippen molar-refractivity contribution in [2.24, 2.45) is 5.73 Å². The Morgan fingerprint density at radius 2 is 2.00 bits per heavy atom. The first kappa shape index (κ1) is 12.2. The molecule has 84 valence electrons. The molecule has 1 aromatic rings. The highest BCUT2D eigenvalue weighted by Crippen LogP contribution is 2.15. The number of benzene rings is 1. The second-order valence-electron chi connectivity index (χ2n) is 4.32. The lowest BCUT2D eigenvalue weighted by atomic mass is 9.97. The fourth-order valence-corrected chi connectivity index (χ4v) is 1.65. The lowest BCUT2D eigenvalue weighted by Crippen LogP contribution is -2.31. The summed E-state index contributed by atoms with van der Waals surface area (Å²) in [5, 5.41) is 9.62. The largest absolute Gasteiger partial charge is 0.392 e. The van der Waals surface area contributed by atoms with Gasteiger partial charge < -0.3 is 10.8 Å². The molecule has 0 radical (unpaired) electrons. The summed E-state index contributed by atoms with van der Waals surface area (Å²) < 4.78 is 0. The third-order valence-electron chi connectivity index (χ3n) is 3.03. The van der Waals surface area contributed by atoms with Crippen LogP contribution in [0.2, 0.25) is 0 Å². The Morgan fingerprint density at radius 1 is 1.33 bits per heavy atom. The van der Waals surface area contributed by atoms with E-state index in [2.05, 4.69) is 32.0 Å². The molecule has 1 aromatic carbocycles. The smallest absolute Gasteiger partial charge is 0.0691 e. The molecule has 3 N–H and O–H groups in total. The van der Waals surface area contributed by atoms with Gasteiger partial charge >= 0.3 is 0 Å². The quantitative estimate of drug-likeness (QED) is 0.792. The highest BCUT2D eigenvalue weighted by atomic mass is 16.3. The molecule has 2 heteroatoms. The zero-order valence-electron chi connectivity index (χ0n) is 9.83. The van der Waals surface area contributed by atoms with E-state index in [-0.39, 0.29) is 6.04 Å². The van der Waals surface area contributed by atoms with Crippen molar-refractivity contribution in [2.75, 3.05) is 0 Å². The molecule has 15 heavy (non-hydrogen) atoms. The van der Waals surface area contributed by atoms with Gasteiger partial charge in [-0.3, -0.25) is 0 Å². The Labute approximate surface area is 92.1 Å². The fourth-order valence-electron chi connectivity index (χ4n) is 1.65. The summed E-state index contributed by atoms with van der Waals surface area (Å²) in [4.78, 5) is 0. The normalized spacial score (nSPS) is 15.0. The zero-order chi connectivity index (χ0) is 11.4. The lowest BCUT2D eigenvalue weighted by molar-refractivity contribution is 0.141. The van der Waals surface area contributed by atoms with Crippen LogP contribution in [-0.4, -0.2) is 17.3 Å². The molecular weight excluding hydrogens is 186 g/mol. The van der Waals surface area contributed by atoms with E-state index in [0.717, 1.165) is 12.8 Å². The summed E-state index contributed by atoms with van der Waals surface area (Å²) in [6.07, 6.45) is 1.24. The third kappa shape index (κ3) is 3.33. The summed E-state index contributed by atoms with van der Waals surface area (Å²) in [5.41, 5.74) is 9.57. The first-order valence-electron chi connectivity index (χ1n) is 5.51. The SMILES string of the molecule is Cc1cccc(CCC(O)C(C)N)c1C. The van der Waals surface area contributed by atoms with Crippen molar-refractivity contribution in [3.63, 3.8) is 0 Å². The van der Waals surface area contributed by atoms with Crippen LogP contribution in [0.1, 0.15) is 30.0 Å². The van der Waals surface area contributed by atoms with Crippen LogP contribution < -0.4 is 5.73 Å². The average molecular weight is 207 g/mol. The lowest BCUT2D eigenvalue weighted by Gasteiger charge is -2.15. The molecule has 2 nitrogen and oxygen atoms in total. The zero-order valence-corrected chi connectivity index (χ0v) is 9.83. The van der Waals surface area contributed by atoms with Crippen molar-refractivity contribution in [2.45, 2.75) is 45.8 Å². The number of rotatable bonds is 4. The van der Waals surface area contributed by atoms with Gasteiger partial charge in [0.2, 0.25) is 0 Å². The Bertz CT molecular complexity index is 320. The minimum atomic E-state index is -0.398. The molecule has 0 spiro atoms. The topological polar surface area (TPSA) is 46.2 Å². The standard InChI is InChI=1S/C13H21NO/c1-9-5-4-6-12(10(9)2)7-8-13(15)11(3)14/h4-6,11,13,15H,7-8,14H2,1-3H3. The monoisotopic (exact) mass is 207 g/mol. The van der Waals surface area contributed by atoms with Crippen LogP contribution >= 0.6 is 0 Å². The summed E-state index contributed by atoms with van der Waals surface area (Å²) >= 11 is 0. The first-order valence-corrected chi connectivity index (χ1v) is 5.51. The number of aliphatic hydroxyl groups excluding tert-OH is 1. The highest BCUT2D eigenvalue weighted by molar-refractivity contribution is 5.33. The van der Waals surface area contributed by atoms with Gasteiger partial charge in [-0.2, -0.15) is 0 Å². The minimum Gasteiger partial charge on any atom is -0.392 e. The molecule has 0 aliphatic rings. The van der Waals surface area contributed by atoms with E-state index in [1.807, 2.05) is 6.92 Å². The maximum absolute atomic E-state index is 9.62. The van der Waals surface area contributed by atoms with E-state index in [9.17, 15) is 5.11 Å². The summed E-state index contributed by atoms with van der Waals surface area (Å²) in [6.45, 7) is 6.08. The first-order chi connectivity index (χ1) is 7.02. The van der Waals surface area contributed by atoms with Crippen LogP contribution in [0, 0.1) is 13.8 Å². The van der Waals surface area contributed by atoms with Gasteiger partial charge in [-0.25, -0.2) is 0 Å². The highest BCUT2D eigenvalue weighted by Gasteiger charge is 2.10. The number of hydrogen-bond donors (Lipinski definition) is 2. The van der Waals surface area contributed by atoms with Crippen molar-refractivity contribution < 1.29 is 5.11 Å². The van der Waals surface area contributed by atoms with Gasteiger partial charge in [0.05, 0.1) is 6.10 Å². The van der Waals surface area contributed by atoms with Gasteiger partial charge in [0.15, 0.2) is 0 Å². The maximum Gasteiger partial charge on any atom is 0.0691 e. The van der Waals surface area contributed by atoms with E-state index in [1.165, 1.54) is 16.7 Å². The predicted octanol–water partition coefficient (Wildman–Crippen LogP) is 1.94. The molecule has 2 unspecified atom stereocenters. The van der Waals surface area contributed by atoms with Gasteiger partial charge in [-0.05, 0) is 50.3 Å². The molecule has 1 rings (SSSR count). The molecule has 0 fully saturated rings. The molecular formula is C13H21NO. The summed E-state index contributed by atoms with van der Waals surface area (Å²) in [5.74, 6) is 0. The molecule has 0 saturated heterocycles. The molecule has 0 aliphatic heterocycles. The molecule has 0 amide bonds. The minimum absolute atomic E-state index is 0.143. The molecule has 0 heterocycles. The van der Waals surface area contributed by atoms with E-state index < -0.39 is 6.10 Å². The van der Waals surface area contributed by atoms with Gasteiger partial charge in [0.1, 0.15) is 0 Å². The van der Waals surface area contributed by atoms with E-state index >= 15 is 0 Å². The van der Waals surface area contributed by atoms with E-state index in [4.69, 9.17) is 5.73 Å². The van der Waals surface area contributed by atoms with Gasteiger partial charge in [0.25, 0.3) is 0 Å². The third-order valence-corrected chi connectivity index (χ3v) is 3.03. The van der Waals surface area contributed by atoms with Gasteiger partial charge in [0, 0.05) is 6.04 Å².